The standard InChI is InChI=1S/C51H41N5O.Pt/c1-31-26-32(2)48(33(3)27-31)40-30-45-50(53-41-17-11-13-19-43(41)55(45)35-14-8-7-9-15-35)49-39(40)22-23-47(54-49)57-36-20-21-38-37-16-10-12-18-42(37)56(44(38)29-36)46-28-34(24-25-52-46)51(4,5)6;/h7-28,30H,1-6H3;/q-2;+2. The second-order valence-electron chi connectivity index (χ2n) is 16.1. The van der Waals surface area contributed by atoms with E-state index >= 15 is 0 Å². The Morgan fingerprint density at radius 3 is 2.21 bits per heavy atom. The van der Waals surface area contributed by atoms with Gasteiger partial charge in [-0.1, -0.05) is 104 Å². The number of hydrogen-bond acceptors (Lipinski definition) is 4. The monoisotopic (exact) mass is 934 g/mol. The summed E-state index contributed by atoms with van der Waals surface area (Å²) in [5.41, 5.74) is 14.6. The Morgan fingerprint density at radius 1 is 0.690 bits per heavy atom. The molecule has 0 bridgehead atoms. The topological polar surface area (TPSA) is 57.3 Å². The van der Waals surface area contributed by atoms with Crippen LogP contribution in [0.4, 0.5) is 28.4 Å². The zero-order chi connectivity index (χ0) is 39.0. The van der Waals surface area contributed by atoms with Gasteiger partial charge in [0.1, 0.15) is 5.82 Å². The summed E-state index contributed by atoms with van der Waals surface area (Å²) in [5.74, 6) is 1.87. The third-order valence-electron chi connectivity index (χ3n) is 11.1. The molecule has 0 saturated heterocycles. The van der Waals surface area contributed by atoms with Crippen molar-refractivity contribution in [3.05, 3.63) is 173 Å². The van der Waals surface area contributed by atoms with Gasteiger partial charge in [0.2, 0.25) is 5.88 Å². The molecule has 3 aromatic heterocycles. The maximum atomic E-state index is 6.68. The van der Waals surface area contributed by atoms with Crippen LogP contribution >= 0.6 is 0 Å². The first kappa shape index (κ1) is 37.4. The van der Waals surface area contributed by atoms with E-state index in [-0.39, 0.29) is 26.5 Å². The molecular formula is C51H41N5OPt. The number of aryl methyl sites for hydroxylation is 3. The number of aromatic nitrogens is 3. The molecule has 9 aromatic rings. The number of anilines is 3. The summed E-state index contributed by atoms with van der Waals surface area (Å²) in [6.45, 7) is 13.2. The molecule has 6 aromatic carbocycles. The summed E-state index contributed by atoms with van der Waals surface area (Å²) in [4.78, 5) is 12.5. The molecule has 58 heavy (non-hydrogen) atoms. The van der Waals surface area contributed by atoms with E-state index in [1.807, 2.05) is 30.5 Å². The zero-order valence-electron chi connectivity index (χ0n) is 33.2. The molecule has 4 heterocycles. The van der Waals surface area contributed by atoms with Gasteiger partial charge in [0.25, 0.3) is 0 Å². The molecule has 6 nitrogen and oxygen atoms in total. The van der Waals surface area contributed by atoms with Gasteiger partial charge in [0.05, 0.1) is 5.52 Å². The van der Waals surface area contributed by atoms with E-state index in [0.717, 1.165) is 72.5 Å². The molecule has 1 aliphatic rings. The molecule has 0 saturated carbocycles. The Balaban J connectivity index is 0.00000436. The summed E-state index contributed by atoms with van der Waals surface area (Å²) in [6, 6.07) is 50.1. The third kappa shape index (κ3) is 6.24. The predicted octanol–water partition coefficient (Wildman–Crippen LogP) is 14.3. The first-order valence-electron chi connectivity index (χ1n) is 19.4. The van der Waals surface area contributed by atoms with Gasteiger partial charge in [0.15, 0.2) is 0 Å². The van der Waals surface area contributed by atoms with Crippen molar-refractivity contribution < 1.29 is 25.8 Å². The van der Waals surface area contributed by atoms with Gasteiger partial charge in [-0.15, -0.1) is 23.2 Å². The normalized spacial score (nSPS) is 12.3. The summed E-state index contributed by atoms with van der Waals surface area (Å²) in [6.07, 6.45) is 1.90. The van der Waals surface area contributed by atoms with Gasteiger partial charge < -0.3 is 19.5 Å². The van der Waals surface area contributed by atoms with Crippen LogP contribution in [-0.4, -0.2) is 14.5 Å². The largest absolute Gasteiger partial charge is 2.00 e. The van der Waals surface area contributed by atoms with Gasteiger partial charge in [-0.3, -0.25) is 0 Å². The Labute approximate surface area is 353 Å². The van der Waals surface area contributed by atoms with Gasteiger partial charge in [0, 0.05) is 46.0 Å². The summed E-state index contributed by atoms with van der Waals surface area (Å²) >= 11 is 0. The maximum Gasteiger partial charge on any atom is 2.00 e. The molecule has 0 fully saturated rings. The predicted molar refractivity (Wildman–Crippen MR) is 235 cm³/mol. The summed E-state index contributed by atoms with van der Waals surface area (Å²) in [5, 5.41) is 8.53. The number of pyridine rings is 2. The molecule has 0 amide bonds. The van der Waals surface area contributed by atoms with Crippen LogP contribution in [-0.2, 0) is 26.5 Å². The van der Waals surface area contributed by atoms with Crippen molar-refractivity contribution in [1.82, 2.24) is 14.5 Å². The van der Waals surface area contributed by atoms with E-state index in [2.05, 4.69) is 166 Å². The van der Waals surface area contributed by atoms with E-state index in [1.165, 1.54) is 27.8 Å². The number of nitrogens with zero attached hydrogens (tertiary/aromatic N) is 5. The minimum absolute atomic E-state index is 0. The molecule has 7 heteroatoms. The van der Waals surface area contributed by atoms with Gasteiger partial charge >= 0.3 is 21.1 Å². The van der Waals surface area contributed by atoms with Crippen molar-refractivity contribution in [3.8, 4) is 28.6 Å². The summed E-state index contributed by atoms with van der Waals surface area (Å²) < 4.78 is 8.87. The SMILES string of the molecule is Cc1cc(C)c(-c2cc3c(c4nc(Oc5[c-]c6c(cc5)c5ccccc5n6-c5cc(C(C)(C)C)ccn5)ccc24)[N-]c2ccccc2N3c2ccccc2)c(C)c1.[Pt+2]. The molecule has 10 rings (SSSR count). The van der Waals surface area contributed by atoms with Gasteiger partial charge in [-0.2, -0.15) is 6.07 Å². The number of benzene rings is 6. The quantitative estimate of drug-likeness (QED) is 0.161. The van der Waals surface area contributed by atoms with Gasteiger partial charge in [-0.25, -0.2) is 9.97 Å². The number of fused-ring (bicyclic) bond motifs is 7. The average molecular weight is 935 g/mol. The fraction of sp³-hybridized carbons (Fsp3) is 0.137. The van der Waals surface area contributed by atoms with Crippen molar-refractivity contribution in [3.63, 3.8) is 0 Å². The van der Waals surface area contributed by atoms with Crippen LogP contribution < -0.4 is 9.64 Å². The molecular weight excluding hydrogens is 894 g/mol. The van der Waals surface area contributed by atoms with Crippen LogP contribution in [0.3, 0.4) is 0 Å². The number of para-hydroxylation sites is 4. The van der Waals surface area contributed by atoms with Crippen LogP contribution in [0.5, 0.6) is 11.6 Å². The minimum Gasteiger partial charge on any atom is -0.653 e. The molecule has 0 atom stereocenters. The van der Waals surface area contributed by atoms with Crippen molar-refractivity contribution in [2.75, 3.05) is 4.90 Å². The van der Waals surface area contributed by atoms with E-state index in [1.54, 1.807) is 0 Å². The van der Waals surface area contributed by atoms with Crippen molar-refractivity contribution >= 4 is 61.1 Å². The zero-order valence-corrected chi connectivity index (χ0v) is 35.5. The smallest absolute Gasteiger partial charge is 0.653 e. The van der Waals surface area contributed by atoms with Crippen molar-refractivity contribution in [1.29, 1.82) is 0 Å². The molecule has 0 radical (unpaired) electrons. The Morgan fingerprint density at radius 2 is 1.41 bits per heavy atom. The first-order valence-corrected chi connectivity index (χ1v) is 19.4. The second kappa shape index (κ2) is 14.3. The van der Waals surface area contributed by atoms with E-state index in [0.29, 0.717) is 11.6 Å². The third-order valence-corrected chi connectivity index (χ3v) is 11.1. The Hall–Kier alpha value is -6.23. The molecule has 0 N–H and O–H groups in total. The number of hydrogen-bond donors (Lipinski definition) is 0. The molecule has 0 aliphatic carbocycles. The van der Waals surface area contributed by atoms with Crippen LogP contribution in [0, 0.1) is 26.8 Å². The van der Waals surface area contributed by atoms with Crippen molar-refractivity contribution in [2.24, 2.45) is 0 Å². The van der Waals surface area contributed by atoms with E-state index in [9.17, 15) is 0 Å². The molecule has 0 spiro atoms. The summed E-state index contributed by atoms with van der Waals surface area (Å²) in [7, 11) is 0. The van der Waals surface area contributed by atoms with Crippen molar-refractivity contribution in [2.45, 2.75) is 47.0 Å². The van der Waals surface area contributed by atoms with E-state index in [4.69, 9.17) is 20.0 Å². The molecule has 0 unspecified atom stereocenters. The number of rotatable bonds is 5. The fourth-order valence-corrected chi connectivity index (χ4v) is 8.54. The minimum atomic E-state index is -0.0292. The Bertz CT molecular complexity index is 3030. The maximum absolute atomic E-state index is 6.68. The fourth-order valence-electron chi connectivity index (χ4n) is 8.54. The van der Waals surface area contributed by atoms with E-state index < -0.39 is 0 Å². The van der Waals surface area contributed by atoms with Crippen LogP contribution in [0.15, 0.2) is 140 Å². The second-order valence-corrected chi connectivity index (χ2v) is 16.1. The van der Waals surface area contributed by atoms with Crippen LogP contribution in [0.1, 0.15) is 43.0 Å². The number of ether oxygens (including phenoxy) is 1. The Kier molecular flexibility index (Phi) is 9.21. The van der Waals surface area contributed by atoms with Crippen LogP contribution in [0.25, 0.3) is 55.0 Å². The first-order chi connectivity index (χ1) is 27.6. The molecule has 1 aliphatic heterocycles. The molecule has 286 valence electrons. The van der Waals surface area contributed by atoms with Crippen LogP contribution in [0.2, 0.25) is 0 Å². The average Bonchev–Trinajstić information content (AvgIpc) is 3.53. The van der Waals surface area contributed by atoms with Gasteiger partial charge in [-0.05, 0) is 108 Å².